The van der Waals surface area contributed by atoms with Crippen LogP contribution in [0, 0.1) is 23.7 Å². The molecule has 6 aliphatic rings. The first-order valence-electron chi connectivity index (χ1n) is 27.9. The maximum absolute atomic E-state index is 6.28. The van der Waals surface area contributed by atoms with Gasteiger partial charge in [-0.05, 0) is 195 Å². The minimum Gasteiger partial charge on any atom is -0.456 e. The predicted octanol–water partition coefficient (Wildman–Crippen LogP) is 19.1. The maximum atomic E-state index is 6.28. The quantitative estimate of drug-likeness (QED) is 0.172. The van der Waals surface area contributed by atoms with E-state index in [1.54, 1.807) is 11.1 Å². The summed E-state index contributed by atoms with van der Waals surface area (Å²) in [6.45, 7) is 4.89. The first-order chi connectivity index (χ1) is 37.4. The average Bonchev–Trinajstić information content (AvgIpc) is 4.42. The highest BCUT2D eigenvalue weighted by atomic mass is 16.3. The average molecular weight is 975 g/mol. The van der Waals surface area contributed by atoms with Crippen molar-refractivity contribution in [3.05, 3.63) is 229 Å². The van der Waals surface area contributed by atoms with Crippen molar-refractivity contribution in [2.24, 2.45) is 23.7 Å². The second-order valence-corrected chi connectivity index (χ2v) is 24.0. The summed E-state index contributed by atoms with van der Waals surface area (Å²) in [7, 11) is 0. The Morgan fingerprint density at radius 2 is 0.803 bits per heavy atom. The summed E-state index contributed by atoms with van der Waals surface area (Å²) >= 11 is 0. The third kappa shape index (κ3) is 5.38. The van der Waals surface area contributed by atoms with E-state index in [9.17, 15) is 0 Å². The molecule has 0 aliphatic heterocycles. The molecular formula is C73H54N2O. The van der Waals surface area contributed by atoms with E-state index in [1.807, 2.05) is 6.07 Å². The van der Waals surface area contributed by atoms with Crippen molar-refractivity contribution in [3.63, 3.8) is 0 Å². The van der Waals surface area contributed by atoms with Gasteiger partial charge < -0.3 is 13.6 Å². The molecule has 19 rings (SSSR count). The fourth-order valence-electron chi connectivity index (χ4n) is 17.1. The zero-order chi connectivity index (χ0) is 49.8. The number of furan rings is 1. The largest absolute Gasteiger partial charge is 0.456 e. The molecule has 3 heteroatoms. The van der Waals surface area contributed by atoms with Gasteiger partial charge in [0.05, 0.1) is 22.1 Å². The molecule has 4 bridgehead atoms. The number of nitrogens with zero attached hydrogens (tertiary/aromatic N) is 2. The molecule has 0 saturated heterocycles. The van der Waals surface area contributed by atoms with Crippen molar-refractivity contribution in [2.45, 2.75) is 56.8 Å². The van der Waals surface area contributed by atoms with Crippen LogP contribution in [0.15, 0.2) is 211 Å². The van der Waals surface area contributed by atoms with Crippen LogP contribution in [-0.2, 0) is 10.8 Å². The van der Waals surface area contributed by atoms with Crippen LogP contribution in [-0.4, -0.2) is 9.13 Å². The van der Waals surface area contributed by atoms with Crippen LogP contribution < -0.4 is 0 Å². The van der Waals surface area contributed by atoms with E-state index in [0.717, 1.165) is 51.3 Å². The number of hydrogen-bond donors (Lipinski definition) is 0. The summed E-state index contributed by atoms with van der Waals surface area (Å²) in [6, 6.07) is 78.6. The molecule has 0 radical (unpaired) electrons. The van der Waals surface area contributed by atoms with Gasteiger partial charge in [-0.1, -0.05) is 147 Å². The molecule has 13 aromatic rings. The molecule has 10 aromatic carbocycles. The van der Waals surface area contributed by atoms with Crippen molar-refractivity contribution in [1.29, 1.82) is 0 Å². The number of rotatable bonds is 4. The Morgan fingerprint density at radius 3 is 1.47 bits per heavy atom. The van der Waals surface area contributed by atoms with Gasteiger partial charge in [0.15, 0.2) is 0 Å². The van der Waals surface area contributed by atoms with Crippen LogP contribution in [0.1, 0.15) is 68.2 Å². The predicted molar refractivity (Wildman–Crippen MR) is 314 cm³/mol. The highest BCUT2D eigenvalue weighted by molar-refractivity contribution is 6.13. The Hall–Kier alpha value is -8.40. The molecule has 0 unspecified atom stereocenters. The topological polar surface area (TPSA) is 23.0 Å². The monoisotopic (exact) mass is 974 g/mol. The van der Waals surface area contributed by atoms with E-state index in [-0.39, 0.29) is 10.8 Å². The van der Waals surface area contributed by atoms with Gasteiger partial charge in [-0.2, -0.15) is 0 Å². The van der Waals surface area contributed by atoms with E-state index >= 15 is 0 Å². The molecular weight excluding hydrogens is 921 g/mol. The van der Waals surface area contributed by atoms with Gasteiger partial charge in [-0.15, -0.1) is 0 Å². The van der Waals surface area contributed by atoms with Gasteiger partial charge in [0.1, 0.15) is 11.2 Å². The number of aromatic nitrogens is 2. The lowest BCUT2D eigenvalue weighted by Crippen LogP contribution is -2.55. The molecule has 0 atom stereocenters. The third-order valence-corrected chi connectivity index (χ3v) is 20.1. The Labute approximate surface area is 441 Å². The van der Waals surface area contributed by atoms with E-state index in [2.05, 4.69) is 223 Å². The first kappa shape index (κ1) is 41.9. The van der Waals surface area contributed by atoms with Crippen molar-refractivity contribution in [3.8, 4) is 55.9 Å². The number of para-hydroxylation sites is 3. The summed E-state index contributed by atoms with van der Waals surface area (Å²) in [5.41, 5.74) is 25.7. The van der Waals surface area contributed by atoms with Gasteiger partial charge in [-0.3, -0.25) is 0 Å². The van der Waals surface area contributed by atoms with E-state index in [0.29, 0.717) is 0 Å². The van der Waals surface area contributed by atoms with Gasteiger partial charge in [-0.25, -0.2) is 0 Å². The molecule has 3 heterocycles. The molecule has 0 amide bonds. The van der Waals surface area contributed by atoms with Crippen LogP contribution in [0.5, 0.6) is 0 Å². The molecule has 362 valence electrons. The summed E-state index contributed by atoms with van der Waals surface area (Å²) in [5, 5.41) is 7.28. The lowest BCUT2D eigenvalue weighted by Gasteiger charge is -2.61. The van der Waals surface area contributed by atoms with Gasteiger partial charge in [0.25, 0.3) is 0 Å². The Bertz CT molecular complexity index is 4680. The van der Waals surface area contributed by atoms with Crippen molar-refractivity contribution in [2.75, 3.05) is 0 Å². The lowest BCUT2D eigenvalue weighted by atomic mass is 9.43. The van der Waals surface area contributed by atoms with E-state index < -0.39 is 0 Å². The molecule has 3 nitrogen and oxygen atoms in total. The smallest absolute Gasteiger partial charge is 0.135 e. The number of fused-ring (bicyclic) bond motifs is 15. The SMILES string of the molecule is CC1(C)c2cc(-c3ccc4c(c3)C3(c5ccccc5-4)C4CC5CC(C4)CC3C5)ccc2-c2ccc(-n3c4ccccc4c4ccc(-c5ccc6c7ccccc7n(-c7ccc8oc9ccccc9c8c7)c6c5)cc43)cc21. The van der Waals surface area contributed by atoms with Gasteiger partial charge in [0.2, 0.25) is 0 Å². The van der Waals surface area contributed by atoms with Crippen LogP contribution in [0.25, 0.3) is 121 Å². The van der Waals surface area contributed by atoms with Gasteiger partial charge in [0, 0.05) is 54.5 Å². The van der Waals surface area contributed by atoms with Crippen LogP contribution in [0.4, 0.5) is 0 Å². The summed E-state index contributed by atoms with van der Waals surface area (Å²) in [5.74, 6) is 3.37. The molecule has 1 spiro atoms. The van der Waals surface area contributed by atoms with Gasteiger partial charge >= 0.3 is 0 Å². The maximum Gasteiger partial charge on any atom is 0.135 e. The van der Waals surface area contributed by atoms with Crippen molar-refractivity contribution in [1.82, 2.24) is 9.13 Å². The second kappa shape index (κ2) is 14.7. The standard InChI is InChI=1S/C73H54N2O/c1-72(2)63-36-44(45-20-26-55-52-11-3-7-15-62(52)73(65(55)37-45)48-32-42-31-43(34-48)35-49(73)33-42)19-25-53(63)54-29-23-51(41-64(54)72)75-67-17-9-5-13-57(67)59-28-22-47(39-69(59)75)46-21-27-58-56-12-4-8-16-66(56)74(68(58)38-46)50-24-30-71-61(40-50)60-14-6-10-18-70(60)76-71/h3-30,36-43,48-49H,31-35H2,1-2H3. The molecule has 0 N–H and O–H groups in total. The normalized spacial score (nSPS) is 21.4. The summed E-state index contributed by atoms with van der Waals surface area (Å²) < 4.78 is 11.2. The third-order valence-electron chi connectivity index (χ3n) is 20.1. The zero-order valence-electron chi connectivity index (χ0n) is 42.8. The highest BCUT2D eigenvalue weighted by Crippen LogP contribution is 2.69. The van der Waals surface area contributed by atoms with Crippen molar-refractivity contribution < 1.29 is 4.42 Å². The molecule has 4 saturated carbocycles. The fraction of sp³-hybridized carbons (Fsp3) is 0.178. The van der Waals surface area contributed by atoms with Crippen LogP contribution in [0.2, 0.25) is 0 Å². The molecule has 4 fully saturated rings. The molecule has 76 heavy (non-hydrogen) atoms. The number of benzene rings is 10. The van der Waals surface area contributed by atoms with Crippen molar-refractivity contribution >= 4 is 65.6 Å². The van der Waals surface area contributed by atoms with E-state index in [4.69, 9.17) is 4.42 Å². The Kier molecular flexibility index (Phi) is 8.11. The fourth-order valence-corrected chi connectivity index (χ4v) is 17.1. The van der Waals surface area contributed by atoms with Crippen LogP contribution >= 0.6 is 0 Å². The first-order valence-corrected chi connectivity index (χ1v) is 27.9. The van der Waals surface area contributed by atoms with Crippen LogP contribution in [0.3, 0.4) is 0 Å². The number of hydrogen-bond acceptors (Lipinski definition) is 1. The zero-order valence-corrected chi connectivity index (χ0v) is 42.8. The molecule has 3 aromatic heterocycles. The highest BCUT2D eigenvalue weighted by Gasteiger charge is 2.61. The lowest BCUT2D eigenvalue weighted by molar-refractivity contribution is -0.0399. The minimum atomic E-state index is -0.195. The minimum absolute atomic E-state index is 0.161. The molecule has 6 aliphatic carbocycles. The second-order valence-electron chi connectivity index (χ2n) is 24.0. The summed E-state index contributed by atoms with van der Waals surface area (Å²) in [4.78, 5) is 0. The Morgan fingerprint density at radius 1 is 0.342 bits per heavy atom. The summed E-state index contributed by atoms with van der Waals surface area (Å²) in [6.07, 6.45) is 7.09. The van der Waals surface area contributed by atoms with E-state index in [1.165, 1.54) is 137 Å². The Balaban J connectivity index is 0.742.